The zero-order valence-electron chi connectivity index (χ0n) is 16.6. The highest BCUT2D eigenvalue weighted by molar-refractivity contribution is 7.98. The van der Waals surface area contributed by atoms with E-state index in [2.05, 4.69) is 10.3 Å². The standard InChI is InChI=1S/C22H26FN3O2S/c1-29-21-19(3-2-12-24-21)22(28)26-13-10-16(11-14-26)6-9-20(27)25-15-17-4-7-18(23)8-5-17/h2-5,7-8,12,16H,6,9-11,13-15H2,1H3,(H,25,27). The van der Waals surface area contributed by atoms with Crippen LogP contribution in [0.4, 0.5) is 4.39 Å². The smallest absolute Gasteiger partial charge is 0.256 e. The maximum Gasteiger partial charge on any atom is 0.256 e. The first kappa shape index (κ1) is 21.3. The van der Waals surface area contributed by atoms with Crippen molar-refractivity contribution >= 4 is 23.6 Å². The van der Waals surface area contributed by atoms with Gasteiger partial charge in [-0.1, -0.05) is 12.1 Å². The van der Waals surface area contributed by atoms with Gasteiger partial charge in [0.05, 0.1) is 5.56 Å². The molecule has 1 N–H and O–H groups in total. The Morgan fingerprint density at radius 2 is 1.93 bits per heavy atom. The van der Waals surface area contributed by atoms with E-state index in [1.54, 1.807) is 24.4 Å². The quantitative estimate of drug-likeness (QED) is 0.697. The number of benzene rings is 1. The molecular formula is C22H26FN3O2S. The van der Waals surface area contributed by atoms with Crippen molar-refractivity contribution in [3.63, 3.8) is 0 Å². The Morgan fingerprint density at radius 1 is 1.21 bits per heavy atom. The van der Waals surface area contributed by atoms with E-state index in [-0.39, 0.29) is 17.6 Å². The molecule has 0 radical (unpaired) electrons. The van der Waals surface area contributed by atoms with Crippen molar-refractivity contribution in [3.8, 4) is 0 Å². The fourth-order valence-corrected chi connectivity index (χ4v) is 4.08. The van der Waals surface area contributed by atoms with Gasteiger partial charge in [-0.2, -0.15) is 0 Å². The van der Waals surface area contributed by atoms with Crippen molar-refractivity contribution in [2.24, 2.45) is 5.92 Å². The number of nitrogens with one attached hydrogen (secondary N) is 1. The molecule has 154 valence electrons. The summed E-state index contributed by atoms with van der Waals surface area (Å²) >= 11 is 1.48. The minimum atomic E-state index is -0.280. The predicted molar refractivity (Wildman–Crippen MR) is 112 cm³/mol. The Balaban J connectivity index is 1.40. The average Bonchev–Trinajstić information content (AvgIpc) is 2.77. The monoisotopic (exact) mass is 415 g/mol. The van der Waals surface area contributed by atoms with E-state index in [4.69, 9.17) is 0 Å². The average molecular weight is 416 g/mol. The van der Waals surface area contributed by atoms with Gasteiger partial charge < -0.3 is 10.2 Å². The minimum Gasteiger partial charge on any atom is -0.352 e. The van der Waals surface area contributed by atoms with Crippen molar-refractivity contribution in [1.29, 1.82) is 0 Å². The number of piperidine rings is 1. The van der Waals surface area contributed by atoms with E-state index in [9.17, 15) is 14.0 Å². The lowest BCUT2D eigenvalue weighted by Gasteiger charge is -2.32. The van der Waals surface area contributed by atoms with Crippen LogP contribution >= 0.6 is 11.8 Å². The van der Waals surface area contributed by atoms with Gasteiger partial charge >= 0.3 is 0 Å². The van der Waals surface area contributed by atoms with Crippen LogP contribution in [0.5, 0.6) is 0 Å². The van der Waals surface area contributed by atoms with E-state index in [1.807, 2.05) is 17.2 Å². The molecule has 0 bridgehead atoms. The molecule has 1 fully saturated rings. The Labute approximate surface area is 175 Å². The van der Waals surface area contributed by atoms with E-state index >= 15 is 0 Å². The van der Waals surface area contributed by atoms with Crippen molar-refractivity contribution in [2.45, 2.75) is 37.3 Å². The SMILES string of the molecule is CSc1ncccc1C(=O)N1CCC(CCC(=O)NCc2ccc(F)cc2)CC1. The second kappa shape index (κ2) is 10.4. The number of likely N-dealkylation sites (tertiary alicyclic amines) is 1. The van der Waals surface area contributed by atoms with Crippen LogP contribution < -0.4 is 5.32 Å². The first-order valence-electron chi connectivity index (χ1n) is 9.86. The van der Waals surface area contributed by atoms with Gasteiger partial charge in [0.25, 0.3) is 5.91 Å². The second-order valence-electron chi connectivity index (χ2n) is 7.24. The van der Waals surface area contributed by atoms with Crippen LogP contribution in [0.2, 0.25) is 0 Å². The number of hydrogen-bond donors (Lipinski definition) is 1. The third-order valence-corrected chi connectivity index (χ3v) is 5.99. The third-order valence-electron chi connectivity index (χ3n) is 5.28. The molecule has 0 spiro atoms. The van der Waals surface area contributed by atoms with E-state index in [0.29, 0.717) is 37.5 Å². The largest absolute Gasteiger partial charge is 0.352 e. The lowest BCUT2D eigenvalue weighted by atomic mass is 9.91. The van der Waals surface area contributed by atoms with Gasteiger partial charge in [-0.3, -0.25) is 9.59 Å². The van der Waals surface area contributed by atoms with Crippen LogP contribution in [0.3, 0.4) is 0 Å². The summed E-state index contributed by atoms with van der Waals surface area (Å²) in [7, 11) is 0. The number of carbonyl (C=O) groups excluding carboxylic acids is 2. The van der Waals surface area contributed by atoms with Crippen molar-refractivity contribution < 1.29 is 14.0 Å². The molecule has 0 aliphatic carbocycles. The highest BCUT2D eigenvalue weighted by atomic mass is 32.2. The van der Waals surface area contributed by atoms with Gasteiger partial charge in [-0.15, -0.1) is 11.8 Å². The summed E-state index contributed by atoms with van der Waals surface area (Å²) in [5.41, 5.74) is 1.55. The fourth-order valence-electron chi connectivity index (χ4n) is 3.54. The van der Waals surface area contributed by atoms with E-state index in [0.717, 1.165) is 29.9 Å². The highest BCUT2D eigenvalue weighted by Crippen LogP contribution is 2.25. The maximum atomic E-state index is 12.9. The normalized spacial score (nSPS) is 14.6. The fraction of sp³-hybridized carbons (Fsp3) is 0.409. The molecule has 7 heteroatoms. The van der Waals surface area contributed by atoms with E-state index < -0.39 is 0 Å². The van der Waals surface area contributed by atoms with Gasteiger partial charge in [0, 0.05) is 32.3 Å². The van der Waals surface area contributed by atoms with Gasteiger partial charge in [0.15, 0.2) is 0 Å². The number of halogens is 1. The molecule has 2 heterocycles. The van der Waals surface area contributed by atoms with Crippen LogP contribution in [0.15, 0.2) is 47.6 Å². The maximum absolute atomic E-state index is 12.9. The number of thioether (sulfide) groups is 1. The molecule has 0 atom stereocenters. The summed E-state index contributed by atoms with van der Waals surface area (Å²) in [6.45, 7) is 1.84. The molecule has 1 aromatic heterocycles. The lowest BCUT2D eigenvalue weighted by molar-refractivity contribution is -0.121. The Bertz CT molecular complexity index is 836. The predicted octanol–water partition coefficient (Wildman–Crippen LogP) is 3.89. The molecule has 2 aromatic rings. The lowest BCUT2D eigenvalue weighted by Crippen LogP contribution is -2.39. The highest BCUT2D eigenvalue weighted by Gasteiger charge is 2.25. The number of hydrogen-bond acceptors (Lipinski definition) is 4. The van der Waals surface area contributed by atoms with Crippen molar-refractivity contribution in [3.05, 3.63) is 59.5 Å². The van der Waals surface area contributed by atoms with Crippen molar-refractivity contribution in [1.82, 2.24) is 15.2 Å². The Morgan fingerprint density at radius 3 is 2.62 bits per heavy atom. The molecule has 3 rings (SSSR count). The van der Waals surface area contributed by atoms with Crippen LogP contribution in [-0.4, -0.2) is 41.0 Å². The third kappa shape index (κ3) is 6.03. The number of amides is 2. The molecule has 0 unspecified atom stereocenters. The molecule has 29 heavy (non-hydrogen) atoms. The van der Waals surface area contributed by atoms with Crippen molar-refractivity contribution in [2.75, 3.05) is 19.3 Å². The molecule has 2 amide bonds. The molecule has 1 saturated heterocycles. The Hall–Kier alpha value is -2.41. The first-order chi connectivity index (χ1) is 14.1. The van der Waals surface area contributed by atoms with Gasteiger partial charge in [-0.25, -0.2) is 9.37 Å². The number of rotatable bonds is 7. The summed E-state index contributed by atoms with van der Waals surface area (Å²) in [6.07, 6.45) is 6.74. The molecule has 1 aliphatic rings. The Kier molecular flexibility index (Phi) is 7.63. The van der Waals surface area contributed by atoms with Crippen LogP contribution in [0.1, 0.15) is 41.6 Å². The topological polar surface area (TPSA) is 62.3 Å². The summed E-state index contributed by atoms with van der Waals surface area (Å²) in [5, 5.41) is 3.65. The molecule has 1 aliphatic heterocycles. The van der Waals surface area contributed by atoms with Crippen LogP contribution in [0.25, 0.3) is 0 Å². The molecule has 0 saturated carbocycles. The minimum absolute atomic E-state index is 0.00723. The number of pyridine rings is 1. The van der Waals surface area contributed by atoms with Gasteiger partial charge in [0.2, 0.25) is 5.91 Å². The molecular weight excluding hydrogens is 389 g/mol. The molecule has 1 aromatic carbocycles. The number of nitrogens with zero attached hydrogens (tertiary/aromatic N) is 2. The number of aromatic nitrogens is 1. The number of carbonyl (C=O) groups is 2. The van der Waals surface area contributed by atoms with Crippen LogP contribution in [0, 0.1) is 11.7 Å². The first-order valence-corrected chi connectivity index (χ1v) is 11.1. The van der Waals surface area contributed by atoms with Gasteiger partial charge in [-0.05, 0) is 61.3 Å². The second-order valence-corrected chi connectivity index (χ2v) is 8.03. The summed E-state index contributed by atoms with van der Waals surface area (Å²) in [5.74, 6) is 0.216. The zero-order chi connectivity index (χ0) is 20.6. The summed E-state index contributed by atoms with van der Waals surface area (Å²) in [4.78, 5) is 31.0. The zero-order valence-corrected chi connectivity index (χ0v) is 17.4. The van der Waals surface area contributed by atoms with Gasteiger partial charge in [0.1, 0.15) is 10.8 Å². The van der Waals surface area contributed by atoms with E-state index in [1.165, 1.54) is 23.9 Å². The van der Waals surface area contributed by atoms with Crippen LogP contribution in [-0.2, 0) is 11.3 Å². The molecule has 5 nitrogen and oxygen atoms in total. The summed E-state index contributed by atoms with van der Waals surface area (Å²) < 4.78 is 12.9. The summed E-state index contributed by atoms with van der Waals surface area (Å²) in [6, 6.07) is 9.76.